The van der Waals surface area contributed by atoms with Crippen molar-refractivity contribution in [2.75, 3.05) is 7.11 Å². The van der Waals surface area contributed by atoms with Gasteiger partial charge in [0, 0.05) is 18.0 Å². The highest BCUT2D eigenvalue weighted by Gasteiger charge is 2.12. The molecule has 0 unspecified atom stereocenters. The monoisotopic (exact) mass is 352 g/mol. The molecule has 0 atom stereocenters. The largest absolute Gasteiger partial charge is 0.465 e. The van der Waals surface area contributed by atoms with E-state index in [4.69, 9.17) is 9.47 Å². The molecule has 3 aromatic heterocycles. The second-order valence-electron chi connectivity index (χ2n) is 5.08. The molecule has 0 fully saturated rings. The lowest BCUT2D eigenvalue weighted by molar-refractivity contribution is 0.0600. The molecule has 0 aliphatic carbocycles. The maximum absolute atomic E-state index is 11.6. The normalized spacial score (nSPS) is 10.8. The van der Waals surface area contributed by atoms with E-state index in [0.717, 1.165) is 11.3 Å². The van der Waals surface area contributed by atoms with Gasteiger partial charge in [0.05, 0.1) is 24.6 Å². The van der Waals surface area contributed by atoms with Crippen LogP contribution in [0.1, 0.15) is 10.4 Å². The van der Waals surface area contributed by atoms with E-state index in [1.807, 2.05) is 18.3 Å². The molecule has 0 amide bonds. The van der Waals surface area contributed by atoms with Gasteiger partial charge >= 0.3 is 5.97 Å². The Bertz CT molecular complexity index is 1010. The smallest absolute Gasteiger partial charge is 0.337 e. The number of ether oxygens (including phenoxy) is 2. The van der Waals surface area contributed by atoms with Crippen molar-refractivity contribution in [2.45, 2.75) is 0 Å². The predicted molar refractivity (Wildman–Crippen MR) is 92.0 cm³/mol. The van der Waals surface area contributed by atoms with Crippen LogP contribution in [0.15, 0.2) is 55.0 Å². The molecule has 0 bridgehead atoms. The summed E-state index contributed by atoms with van der Waals surface area (Å²) in [5, 5.41) is 4.80. The lowest BCUT2D eigenvalue weighted by Crippen LogP contribution is -2.00. The highest BCUT2D eigenvalue weighted by molar-refractivity contribution is 7.18. The van der Waals surface area contributed by atoms with Crippen molar-refractivity contribution in [1.29, 1.82) is 0 Å². The molecule has 1 aromatic carbocycles. The number of carbonyl (C=O) groups is 1. The summed E-state index contributed by atoms with van der Waals surface area (Å²) in [6, 6.07) is 10.5. The number of fused-ring (bicyclic) bond motifs is 1. The molecule has 7 nitrogen and oxygen atoms in total. The fourth-order valence-electron chi connectivity index (χ4n) is 2.28. The number of esters is 1. The van der Waals surface area contributed by atoms with E-state index in [9.17, 15) is 4.79 Å². The molecular weight excluding hydrogens is 340 g/mol. The van der Waals surface area contributed by atoms with Gasteiger partial charge in [-0.1, -0.05) is 6.07 Å². The van der Waals surface area contributed by atoms with E-state index in [0.29, 0.717) is 21.5 Å². The first-order valence-corrected chi connectivity index (χ1v) is 8.17. The summed E-state index contributed by atoms with van der Waals surface area (Å²) in [7, 11) is 1.34. The van der Waals surface area contributed by atoms with Gasteiger partial charge in [-0.2, -0.15) is 0 Å². The first kappa shape index (κ1) is 15.3. The van der Waals surface area contributed by atoms with Gasteiger partial charge < -0.3 is 9.47 Å². The zero-order valence-corrected chi connectivity index (χ0v) is 13.9. The van der Waals surface area contributed by atoms with Crippen LogP contribution < -0.4 is 4.74 Å². The molecule has 0 N–H and O–H groups in total. The van der Waals surface area contributed by atoms with E-state index in [-0.39, 0.29) is 0 Å². The highest BCUT2D eigenvalue weighted by Crippen LogP contribution is 2.29. The van der Waals surface area contributed by atoms with Crippen LogP contribution in [-0.2, 0) is 4.74 Å². The average molecular weight is 352 g/mol. The zero-order chi connectivity index (χ0) is 17.2. The molecule has 8 heteroatoms. The molecule has 3 heterocycles. The molecule has 0 aliphatic rings. The number of benzene rings is 1. The molecule has 25 heavy (non-hydrogen) atoms. The standard InChI is InChI=1S/C17H12N4O3S/c1-23-15(22)11-4-2-6-13(8-11)24-17-20-21-10-14(19-16(21)25-17)12-5-3-7-18-9-12/h2-10H,1H3. The van der Waals surface area contributed by atoms with E-state index >= 15 is 0 Å². The Labute approximate surface area is 146 Å². The number of rotatable bonds is 4. The minimum absolute atomic E-state index is 0.416. The van der Waals surface area contributed by atoms with Crippen LogP contribution in [0.5, 0.6) is 10.9 Å². The molecule has 0 saturated heterocycles. The molecule has 4 rings (SSSR count). The van der Waals surface area contributed by atoms with Crippen molar-refractivity contribution >= 4 is 22.3 Å². The lowest BCUT2D eigenvalue weighted by Gasteiger charge is -2.03. The third-order valence-electron chi connectivity index (χ3n) is 3.44. The quantitative estimate of drug-likeness (QED) is 0.524. The van der Waals surface area contributed by atoms with Gasteiger partial charge in [-0.3, -0.25) is 4.98 Å². The molecule has 0 radical (unpaired) electrons. The Morgan fingerprint density at radius 2 is 2.16 bits per heavy atom. The molecular formula is C17H12N4O3S. The van der Waals surface area contributed by atoms with Crippen molar-refractivity contribution in [3.8, 4) is 22.2 Å². The van der Waals surface area contributed by atoms with E-state index < -0.39 is 5.97 Å². The number of imidazole rings is 1. The van der Waals surface area contributed by atoms with Gasteiger partial charge in [-0.25, -0.2) is 14.3 Å². The maximum atomic E-state index is 11.6. The van der Waals surface area contributed by atoms with E-state index in [2.05, 4.69) is 15.1 Å². The summed E-state index contributed by atoms with van der Waals surface area (Å²) >= 11 is 1.31. The number of carbonyl (C=O) groups excluding carboxylic acids is 1. The summed E-state index contributed by atoms with van der Waals surface area (Å²) in [6.07, 6.45) is 5.29. The van der Waals surface area contributed by atoms with E-state index in [1.165, 1.54) is 18.4 Å². The van der Waals surface area contributed by atoms with Crippen LogP contribution in [-0.4, -0.2) is 32.7 Å². The van der Waals surface area contributed by atoms with Crippen LogP contribution in [0.3, 0.4) is 0 Å². The highest BCUT2D eigenvalue weighted by atomic mass is 32.1. The second kappa shape index (κ2) is 6.33. The van der Waals surface area contributed by atoms with Crippen LogP contribution in [0, 0.1) is 0 Å². The van der Waals surface area contributed by atoms with Gasteiger partial charge in [-0.15, -0.1) is 5.10 Å². The topological polar surface area (TPSA) is 78.6 Å². The first-order valence-electron chi connectivity index (χ1n) is 7.36. The number of pyridine rings is 1. The fraction of sp³-hybridized carbons (Fsp3) is 0.0588. The summed E-state index contributed by atoms with van der Waals surface area (Å²) < 4.78 is 12.1. The van der Waals surface area contributed by atoms with Gasteiger partial charge in [0.2, 0.25) is 4.96 Å². The third kappa shape index (κ3) is 3.07. The van der Waals surface area contributed by atoms with Crippen molar-refractivity contribution in [3.05, 3.63) is 60.6 Å². The first-order chi connectivity index (χ1) is 12.2. The number of methoxy groups -OCH3 is 1. The Hall–Kier alpha value is -3.26. The number of aromatic nitrogens is 4. The van der Waals surface area contributed by atoms with Crippen molar-refractivity contribution < 1.29 is 14.3 Å². The number of hydrogen-bond donors (Lipinski definition) is 0. The average Bonchev–Trinajstić information content (AvgIpc) is 3.20. The van der Waals surface area contributed by atoms with Gasteiger partial charge in [0.25, 0.3) is 5.19 Å². The minimum atomic E-state index is -0.416. The lowest BCUT2D eigenvalue weighted by atomic mass is 10.2. The predicted octanol–water partition coefficient (Wildman–Crippen LogP) is 3.43. The van der Waals surface area contributed by atoms with Gasteiger partial charge in [-0.05, 0) is 41.7 Å². The second-order valence-corrected chi connectivity index (χ2v) is 6.00. The fourth-order valence-corrected chi connectivity index (χ4v) is 3.04. The van der Waals surface area contributed by atoms with Gasteiger partial charge in [0.1, 0.15) is 5.75 Å². The summed E-state index contributed by atoms with van der Waals surface area (Å²) in [5.74, 6) is 0.0906. The summed E-state index contributed by atoms with van der Waals surface area (Å²) in [4.78, 5) is 20.9. The van der Waals surface area contributed by atoms with Crippen LogP contribution >= 0.6 is 11.3 Å². The Morgan fingerprint density at radius 3 is 2.92 bits per heavy atom. The summed E-state index contributed by atoms with van der Waals surface area (Å²) in [6.45, 7) is 0. The number of hydrogen-bond acceptors (Lipinski definition) is 7. The molecule has 0 aliphatic heterocycles. The third-order valence-corrected chi connectivity index (χ3v) is 4.24. The minimum Gasteiger partial charge on any atom is -0.465 e. The van der Waals surface area contributed by atoms with Crippen LogP contribution in [0.25, 0.3) is 16.2 Å². The molecule has 0 spiro atoms. The van der Waals surface area contributed by atoms with E-state index in [1.54, 1.807) is 41.2 Å². The number of nitrogens with zero attached hydrogens (tertiary/aromatic N) is 4. The summed E-state index contributed by atoms with van der Waals surface area (Å²) in [5.41, 5.74) is 2.14. The molecule has 124 valence electrons. The maximum Gasteiger partial charge on any atom is 0.337 e. The van der Waals surface area contributed by atoms with Crippen molar-refractivity contribution in [2.24, 2.45) is 0 Å². The van der Waals surface area contributed by atoms with Crippen molar-refractivity contribution in [3.63, 3.8) is 0 Å². The Morgan fingerprint density at radius 1 is 1.24 bits per heavy atom. The van der Waals surface area contributed by atoms with Crippen LogP contribution in [0.2, 0.25) is 0 Å². The van der Waals surface area contributed by atoms with Crippen molar-refractivity contribution in [1.82, 2.24) is 19.6 Å². The van der Waals surface area contributed by atoms with Gasteiger partial charge in [0.15, 0.2) is 0 Å². The Balaban J connectivity index is 1.59. The van der Waals surface area contributed by atoms with Crippen LogP contribution in [0.4, 0.5) is 0 Å². The molecule has 0 saturated carbocycles. The SMILES string of the molecule is COC(=O)c1cccc(Oc2nn3cc(-c4cccnc4)nc3s2)c1. The Kier molecular flexibility index (Phi) is 3.87. The molecule has 4 aromatic rings. The zero-order valence-electron chi connectivity index (χ0n) is 13.1.